The van der Waals surface area contributed by atoms with Crippen LogP contribution in [0, 0.1) is 0 Å². The Morgan fingerprint density at radius 2 is 1.52 bits per heavy atom. The van der Waals surface area contributed by atoms with Crippen LogP contribution in [-0.2, 0) is 43.5 Å². The fourth-order valence-electron chi connectivity index (χ4n) is 4.49. The van der Waals surface area contributed by atoms with Crippen molar-refractivity contribution in [2.75, 3.05) is 13.2 Å². The first kappa shape index (κ1) is 34.0. The van der Waals surface area contributed by atoms with Gasteiger partial charge in [0, 0.05) is 11.0 Å². The van der Waals surface area contributed by atoms with E-state index in [1.165, 1.54) is 11.3 Å². The average Bonchev–Trinajstić information content (AvgIpc) is 3.53. The number of nitrogens with zero attached hydrogens (tertiary/aromatic N) is 1. The molecule has 8 nitrogen and oxygen atoms in total. The maximum absolute atomic E-state index is 13.0. The molecule has 1 N–H and O–H groups in total. The van der Waals surface area contributed by atoms with Crippen LogP contribution >= 0.6 is 11.3 Å². The van der Waals surface area contributed by atoms with Crippen LogP contribution in [0.2, 0.25) is 0 Å². The van der Waals surface area contributed by atoms with E-state index in [0.717, 1.165) is 28.0 Å². The number of carbonyl (C=O) groups excluding carboxylic acids is 3. The number of ketones is 1. The summed E-state index contributed by atoms with van der Waals surface area (Å²) in [6, 6.07) is 26.5. The number of thiazole rings is 1. The number of hydrogen-bond acceptors (Lipinski definition) is 8. The Morgan fingerprint density at radius 3 is 2.17 bits per heavy atom. The van der Waals surface area contributed by atoms with Crippen LogP contribution < -0.4 is 10.1 Å². The minimum atomic E-state index is -0.739. The lowest BCUT2D eigenvalue weighted by atomic mass is 10.1. The quantitative estimate of drug-likeness (QED) is 0.0622. The van der Waals surface area contributed by atoms with E-state index in [2.05, 4.69) is 5.32 Å². The van der Waals surface area contributed by atoms with Crippen LogP contribution in [0.5, 0.6) is 5.75 Å². The molecule has 1 amide bonds. The van der Waals surface area contributed by atoms with Gasteiger partial charge in [0.1, 0.15) is 24.0 Å². The van der Waals surface area contributed by atoms with Gasteiger partial charge in [0.15, 0.2) is 0 Å². The number of esters is 1. The van der Waals surface area contributed by atoms with E-state index in [1.54, 1.807) is 19.9 Å². The maximum Gasteiger partial charge on any atom is 0.333 e. The van der Waals surface area contributed by atoms with E-state index < -0.39 is 17.7 Å². The summed E-state index contributed by atoms with van der Waals surface area (Å²) in [7, 11) is 0. The molecule has 0 bridgehead atoms. The zero-order chi connectivity index (χ0) is 32.7. The summed E-state index contributed by atoms with van der Waals surface area (Å²) in [5, 5.41) is 5.39. The number of hydrogen-bond donors (Lipinski definition) is 1. The molecule has 0 fully saturated rings. The van der Waals surface area contributed by atoms with Crippen molar-refractivity contribution < 1.29 is 28.6 Å². The van der Waals surface area contributed by atoms with Crippen LogP contribution in [0.25, 0.3) is 6.08 Å². The van der Waals surface area contributed by atoms with Crippen molar-refractivity contribution in [1.82, 2.24) is 10.3 Å². The fraction of sp³-hybridized carbons (Fsp3) is 0.243. The SMILES string of the molecule is CCOC(=O)/C(C)=C\C(C)=C\c1csc([C@H](Cc2ccc(OCc3ccccc3)cc2)NC(=O)C(=O)COCc2ccccc2)n1. The Hall–Kier alpha value is -4.86. The standard InChI is InChI=1S/C37H38N2O6S/c1-4-44-37(42)27(3)19-26(2)20-31-25-46-36(38-31)33(39-35(41)34(40)24-43-22-29-11-7-5-8-12-29)21-28-15-17-32(18-16-28)45-23-30-13-9-6-10-14-30/h5-20,25,33H,4,21-24H2,1-3H3,(H,39,41)/b26-20+,27-19-/t33-/m0/s1. The summed E-state index contributed by atoms with van der Waals surface area (Å²) in [6.45, 7) is 5.99. The molecule has 238 valence electrons. The number of ether oxygens (including phenoxy) is 3. The van der Waals surface area contributed by atoms with Gasteiger partial charge in [-0.15, -0.1) is 11.3 Å². The third-order valence-electron chi connectivity index (χ3n) is 6.77. The zero-order valence-corrected chi connectivity index (χ0v) is 27.0. The van der Waals surface area contributed by atoms with Crippen molar-refractivity contribution in [3.05, 3.63) is 135 Å². The van der Waals surface area contributed by atoms with E-state index in [0.29, 0.717) is 35.9 Å². The molecule has 46 heavy (non-hydrogen) atoms. The van der Waals surface area contributed by atoms with Gasteiger partial charge >= 0.3 is 5.97 Å². The van der Waals surface area contributed by atoms with Crippen molar-refractivity contribution in [2.45, 2.75) is 46.4 Å². The van der Waals surface area contributed by atoms with E-state index in [-0.39, 0.29) is 19.2 Å². The van der Waals surface area contributed by atoms with E-state index in [9.17, 15) is 14.4 Å². The van der Waals surface area contributed by atoms with Gasteiger partial charge in [-0.3, -0.25) is 9.59 Å². The Bertz CT molecular complexity index is 1650. The van der Waals surface area contributed by atoms with Gasteiger partial charge in [0.2, 0.25) is 5.78 Å². The highest BCUT2D eigenvalue weighted by molar-refractivity contribution is 7.09. The third kappa shape index (κ3) is 10.9. The number of nitrogens with one attached hydrogen (secondary N) is 1. The molecular formula is C37H38N2O6S. The Balaban J connectivity index is 1.46. The number of carbonyl (C=O) groups is 3. The summed E-state index contributed by atoms with van der Waals surface area (Å²) in [6.07, 6.45) is 4.00. The van der Waals surface area contributed by atoms with Gasteiger partial charge in [0.05, 0.1) is 24.9 Å². The summed E-state index contributed by atoms with van der Waals surface area (Å²) < 4.78 is 16.5. The minimum absolute atomic E-state index is 0.230. The fourth-order valence-corrected chi connectivity index (χ4v) is 5.31. The second kappa shape index (κ2) is 17.6. The molecule has 0 unspecified atom stereocenters. The molecule has 4 aromatic rings. The Morgan fingerprint density at radius 1 is 0.870 bits per heavy atom. The summed E-state index contributed by atoms with van der Waals surface area (Å²) >= 11 is 1.38. The number of aromatic nitrogens is 1. The molecule has 1 aromatic heterocycles. The number of Topliss-reactive ketones (excluding diaryl/α,β-unsaturated/α-hetero) is 1. The predicted octanol–water partition coefficient (Wildman–Crippen LogP) is 6.82. The van der Waals surface area contributed by atoms with Gasteiger partial charge in [-0.2, -0.15) is 0 Å². The van der Waals surface area contributed by atoms with Gasteiger partial charge < -0.3 is 19.5 Å². The Kier molecular flexibility index (Phi) is 13.0. The molecule has 0 spiro atoms. The first-order chi connectivity index (χ1) is 22.3. The molecule has 3 aromatic carbocycles. The van der Waals surface area contributed by atoms with Crippen LogP contribution in [0.4, 0.5) is 0 Å². The van der Waals surface area contributed by atoms with E-state index >= 15 is 0 Å². The molecular weight excluding hydrogens is 600 g/mol. The molecule has 0 saturated carbocycles. The third-order valence-corrected chi connectivity index (χ3v) is 7.75. The molecule has 0 saturated heterocycles. The number of allylic oxidation sites excluding steroid dienone is 2. The first-order valence-corrected chi connectivity index (χ1v) is 15.9. The van der Waals surface area contributed by atoms with E-state index in [1.807, 2.05) is 103 Å². The monoisotopic (exact) mass is 638 g/mol. The molecule has 0 aliphatic carbocycles. The Labute approximate surface area is 273 Å². The molecule has 0 radical (unpaired) electrons. The van der Waals surface area contributed by atoms with Crippen molar-refractivity contribution in [2.24, 2.45) is 0 Å². The second-order valence-electron chi connectivity index (χ2n) is 10.6. The summed E-state index contributed by atoms with van der Waals surface area (Å²) in [5.41, 5.74) is 4.89. The maximum atomic E-state index is 13.0. The van der Waals surface area contributed by atoms with Crippen molar-refractivity contribution in [3.8, 4) is 5.75 Å². The molecule has 1 heterocycles. The molecule has 0 aliphatic heterocycles. The number of benzene rings is 3. The summed E-state index contributed by atoms with van der Waals surface area (Å²) in [4.78, 5) is 42.5. The lowest BCUT2D eigenvalue weighted by Crippen LogP contribution is -2.37. The van der Waals surface area contributed by atoms with Crippen molar-refractivity contribution in [3.63, 3.8) is 0 Å². The normalized spacial score (nSPS) is 12.3. The zero-order valence-electron chi connectivity index (χ0n) is 26.2. The minimum Gasteiger partial charge on any atom is -0.489 e. The highest BCUT2D eigenvalue weighted by Gasteiger charge is 2.23. The lowest BCUT2D eigenvalue weighted by Gasteiger charge is -2.17. The molecule has 4 rings (SSSR count). The first-order valence-electron chi connectivity index (χ1n) is 15.0. The number of rotatable bonds is 16. The van der Waals surface area contributed by atoms with Crippen LogP contribution in [0.1, 0.15) is 54.2 Å². The van der Waals surface area contributed by atoms with Gasteiger partial charge in [-0.05, 0) is 73.7 Å². The lowest BCUT2D eigenvalue weighted by molar-refractivity contribution is -0.141. The highest BCUT2D eigenvalue weighted by atomic mass is 32.1. The highest BCUT2D eigenvalue weighted by Crippen LogP contribution is 2.25. The van der Waals surface area contributed by atoms with Gasteiger partial charge in [-0.25, -0.2) is 9.78 Å². The van der Waals surface area contributed by atoms with Gasteiger partial charge in [0.25, 0.3) is 5.91 Å². The van der Waals surface area contributed by atoms with Crippen molar-refractivity contribution >= 4 is 35.1 Å². The predicted molar refractivity (Wildman–Crippen MR) is 179 cm³/mol. The van der Waals surface area contributed by atoms with Crippen LogP contribution in [0.15, 0.2) is 108 Å². The number of amides is 1. The second-order valence-corrected chi connectivity index (χ2v) is 11.5. The smallest absolute Gasteiger partial charge is 0.333 e. The van der Waals surface area contributed by atoms with Crippen LogP contribution in [-0.4, -0.2) is 35.9 Å². The van der Waals surface area contributed by atoms with Crippen LogP contribution in [0.3, 0.4) is 0 Å². The average molecular weight is 639 g/mol. The largest absolute Gasteiger partial charge is 0.489 e. The van der Waals surface area contributed by atoms with Gasteiger partial charge in [-0.1, -0.05) is 72.8 Å². The molecule has 0 aliphatic rings. The van der Waals surface area contributed by atoms with E-state index in [4.69, 9.17) is 19.2 Å². The molecule has 9 heteroatoms. The topological polar surface area (TPSA) is 104 Å². The molecule has 1 atom stereocenters. The summed E-state index contributed by atoms with van der Waals surface area (Å²) in [5.74, 6) is -1.05. The van der Waals surface area contributed by atoms with Crippen molar-refractivity contribution in [1.29, 1.82) is 0 Å².